The summed E-state index contributed by atoms with van der Waals surface area (Å²) in [4.78, 5) is 5.08. The van der Waals surface area contributed by atoms with Gasteiger partial charge < -0.3 is 15.1 Å². The number of rotatable bonds is 7. The zero-order valence-corrected chi connectivity index (χ0v) is 16.1. The summed E-state index contributed by atoms with van der Waals surface area (Å²) in [6, 6.07) is 11.3. The number of piperazine rings is 1. The van der Waals surface area contributed by atoms with Crippen LogP contribution in [0.25, 0.3) is 5.69 Å². The van der Waals surface area contributed by atoms with Crippen LogP contribution < -0.4 is 10.2 Å². The SMILES string of the molecule is CCc1nn(-c2ccccc2)c(N2CCN(CC)CC2)c1CNC1CC1. The minimum absolute atomic E-state index is 0.713. The van der Waals surface area contributed by atoms with E-state index in [4.69, 9.17) is 5.10 Å². The number of hydrogen-bond donors (Lipinski definition) is 1. The Morgan fingerprint density at radius 1 is 1.04 bits per heavy atom. The average Bonchev–Trinajstić information content (AvgIpc) is 3.46. The van der Waals surface area contributed by atoms with Gasteiger partial charge in [0.15, 0.2) is 0 Å². The second-order valence-electron chi connectivity index (χ2n) is 7.43. The van der Waals surface area contributed by atoms with Crippen molar-refractivity contribution < 1.29 is 0 Å². The average molecular weight is 354 g/mol. The quantitative estimate of drug-likeness (QED) is 0.830. The molecule has 26 heavy (non-hydrogen) atoms. The van der Waals surface area contributed by atoms with Crippen molar-refractivity contribution in [3.05, 3.63) is 41.6 Å². The molecule has 4 rings (SSSR count). The molecule has 5 heteroatoms. The first-order valence-electron chi connectivity index (χ1n) is 10.2. The van der Waals surface area contributed by atoms with E-state index in [0.29, 0.717) is 6.04 Å². The minimum atomic E-state index is 0.713. The number of para-hydroxylation sites is 1. The van der Waals surface area contributed by atoms with Crippen LogP contribution in [0, 0.1) is 0 Å². The van der Waals surface area contributed by atoms with Gasteiger partial charge in [0.1, 0.15) is 5.82 Å². The molecule has 0 spiro atoms. The van der Waals surface area contributed by atoms with E-state index in [2.05, 4.69) is 64.0 Å². The van der Waals surface area contributed by atoms with Crippen molar-refractivity contribution in [2.75, 3.05) is 37.6 Å². The fraction of sp³-hybridized carbons (Fsp3) is 0.571. The van der Waals surface area contributed by atoms with Gasteiger partial charge in [-0.15, -0.1) is 0 Å². The molecule has 0 unspecified atom stereocenters. The van der Waals surface area contributed by atoms with Crippen LogP contribution in [0.3, 0.4) is 0 Å². The third-order valence-corrected chi connectivity index (χ3v) is 5.64. The minimum Gasteiger partial charge on any atom is -0.354 e. The van der Waals surface area contributed by atoms with Crippen molar-refractivity contribution in [1.29, 1.82) is 0 Å². The van der Waals surface area contributed by atoms with Crippen molar-refractivity contribution in [2.24, 2.45) is 0 Å². The number of nitrogens with one attached hydrogen (secondary N) is 1. The number of aryl methyl sites for hydroxylation is 1. The Bertz CT molecular complexity index is 712. The molecule has 2 aromatic rings. The van der Waals surface area contributed by atoms with Crippen LogP contribution in [0.2, 0.25) is 0 Å². The first-order valence-corrected chi connectivity index (χ1v) is 10.2. The Labute approximate surface area is 157 Å². The highest BCUT2D eigenvalue weighted by Gasteiger charge is 2.27. The second kappa shape index (κ2) is 7.80. The van der Waals surface area contributed by atoms with Crippen LogP contribution in [0.15, 0.2) is 30.3 Å². The lowest BCUT2D eigenvalue weighted by Gasteiger charge is -2.36. The van der Waals surface area contributed by atoms with Crippen molar-refractivity contribution in [3.63, 3.8) is 0 Å². The summed E-state index contributed by atoms with van der Waals surface area (Å²) < 4.78 is 2.18. The number of anilines is 1. The monoisotopic (exact) mass is 353 g/mol. The van der Waals surface area contributed by atoms with E-state index in [9.17, 15) is 0 Å². The summed E-state index contributed by atoms with van der Waals surface area (Å²) >= 11 is 0. The molecule has 0 atom stereocenters. The predicted molar refractivity (Wildman–Crippen MR) is 107 cm³/mol. The predicted octanol–water partition coefficient (Wildman–Crippen LogP) is 2.83. The molecule has 1 saturated carbocycles. The first-order chi connectivity index (χ1) is 12.8. The number of likely N-dealkylation sites (N-methyl/N-ethyl adjacent to an activating group) is 1. The second-order valence-corrected chi connectivity index (χ2v) is 7.43. The number of hydrogen-bond acceptors (Lipinski definition) is 4. The molecule has 0 amide bonds. The maximum absolute atomic E-state index is 5.03. The summed E-state index contributed by atoms with van der Waals surface area (Å²) in [5, 5.41) is 8.75. The fourth-order valence-corrected chi connectivity index (χ4v) is 3.83. The lowest BCUT2D eigenvalue weighted by molar-refractivity contribution is 0.270. The molecule has 1 aliphatic heterocycles. The molecule has 2 fully saturated rings. The van der Waals surface area contributed by atoms with Gasteiger partial charge in [0, 0.05) is 44.3 Å². The highest BCUT2D eigenvalue weighted by atomic mass is 15.4. The molecule has 5 nitrogen and oxygen atoms in total. The molecule has 1 saturated heterocycles. The van der Waals surface area contributed by atoms with Gasteiger partial charge in [-0.2, -0.15) is 5.10 Å². The van der Waals surface area contributed by atoms with Gasteiger partial charge in [-0.1, -0.05) is 32.0 Å². The normalized spacial score (nSPS) is 18.5. The van der Waals surface area contributed by atoms with E-state index in [0.717, 1.165) is 51.4 Å². The molecule has 2 heterocycles. The molecule has 2 aliphatic rings. The Morgan fingerprint density at radius 2 is 1.77 bits per heavy atom. The van der Waals surface area contributed by atoms with E-state index in [1.54, 1.807) is 0 Å². The largest absolute Gasteiger partial charge is 0.354 e. The summed E-state index contributed by atoms with van der Waals surface area (Å²) in [7, 11) is 0. The summed E-state index contributed by atoms with van der Waals surface area (Å²) in [5.41, 5.74) is 3.79. The molecule has 1 N–H and O–H groups in total. The van der Waals surface area contributed by atoms with Crippen LogP contribution in [0.1, 0.15) is 37.9 Å². The molecule has 0 radical (unpaired) electrons. The summed E-state index contributed by atoms with van der Waals surface area (Å²) in [5.74, 6) is 1.30. The molecular weight excluding hydrogens is 322 g/mol. The molecule has 140 valence electrons. The maximum Gasteiger partial charge on any atom is 0.137 e. The lowest BCUT2D eigenvalue weighted by atomic mass is 10.1. The van der Waals surface area contributed by atoms with E-state index in [1.165, 1.54) is 29.9 Å². The van der Waals surface area contributed by atoms with Gasteiger partial charge >= 0.3 is 0 Å². The van der Waals surface area contributed by atoms with Gasteiger partial charge in [0.25, 0.3) is 0 Å². The smallest absolute Gasteiger partial charge is 0.137 e. The third-order valence-electron chi connectivity index (χ3n) is 5.64. The Morgan fingerprint density at radius 3 is 2.38 bits per heavy atom. The Hall–Kier alpha value is -1.85. The van der Waals surface area contributed by atoms with Crippen molar-refractivity contribution in [2.45, 2.75) is 45.7 Å². The Balaban J connectivity index is 1.70. The summed E-state index contributed by atoms with van der Waals surface area (Å²) in [6.07, 6.45) is 3.61. The molecule has 1 aromatic heterocycles. The lowest BCUT2D eigenvalue weighted by Crippen LogP contribution is -2.47. The van der Waals surface area contributed by atoms with Crippen LogP contribution in [0.5, 0.6) is 0 Å². The third kappa shape index (κ3) is 3.64. The van der Waals surface area contributed by atoms with E-state index < -0.39 is 0 Å². The highest BCUT2D eigenvalue weighted by Crippen LogP contribution is 2.30. The van der Waals surface area contributed by atoms with E-state index in [1.807, 2.05) is 0 Å². The van der Waals surface area contributed by atoms with Crippen molar-refractivity contribution >= 4 is 5.82 Å². The fourth-order valence-electron chi connectivity index (χ4n) is 3.83. The van der Waals surface area contributed by atoms with Crippen LogP contribution in [-0.4, -0.2) is 53.4 Å². The van der Waals surface area contributed by atoms with Gasteiger partial charge in [-0.3, -0.25) is 0 Å². The van der Waals surface area contributed by atoms with Crippen molar-refractivity contribution in [3.8, 4) is 5.69 Å². The van der Waals surface area contributed by atoms with Gasteiger partial charge in [-0.05, 0) is 37.9 Å². The zero-order chi connectivity index (χ0) is 17.9. The highest BCUT2D eigenvalue weighted by molar-refractivity contribution is 5.56. The zero-order valence-electron chi connectivity index (χ0n) is 16.1. The molecule has 1 aromatic carbocycles. The summed E-state index contributed by atoms with van der Waals surface area (Å²) in [6.45, 7) is 11.0. The standard InChI is InChI=1S/C21H31N5/c1-3-20-19(16-22-17-10-11-17)21(25-14-12-24(4-2)13-15-25)26(23-20)18-8-6-5-7-9-18/h5-9,17,22H,3-4,10-16H2,1-2H3. The molecule has 0 bridgehead atoms. The van der Waals surface area contributed by atoms with Crippen LogP contribution in [-0.2, 0) is 13.0 Å². The number of benzene rings is 1. The van der Waals surface area contributed by atoms with Gasteiger partial charge in [-0.25, -0.2) is 4.68 Å². The van der Waals surface area contributed by atoms with E-state index >= 15 is 0 Å². The number of aromatic nitrogens is 2. The first kappa shape index (κ1) is 17.6. The van der Waals surface area contributed by atoms with Crippen molar-refractivity contribution in [1.82, 2.24) is 20.0 Å². The van der Waals surface area contributed by atoms with E-state index in [-0.39, 0.29) is 0 Å². The van der Waals surface area contributed by atoms with Gasteiger partial charge in [0.05, 0.1) is 11.4 Å². The molecular formula is C21H31N5. The van der Waals surface area contributed by atoms with Crippen LogP contribution >= 0.6 is 0 Å². The Kier molecular flexibility index (Phi) is 5.27. The van der Waals surface area contributed by atoms with Gasteiger partial charge in [0.2, 0.25) is 0 Å². The maximum atomic E-state index is 5.03. The van der Waals surface area contributed by atoms with Crippen LogP contribution in [0.4, 0.5) is 5.82 Å². The number of nitrogens with zero attached hydrogens (tertiary/aromatic N) is 4. The topological polar surface area (TPSA) is 36.3 Å². The molecule has 1 aliphatic carbocycles.